The van der Waals surface area contributed by atoms with E-state index in [1.54, 1.807) is 14.0 Å². The van der Waals surface area contributed by atoms with E-state index in [1.165, 1.54) is 4.90 Å². The maximum Gasteiger partial charge on any atom is 0.326 e. The standard InChI is InChI=1S/C12H24N2O3/c1-5-10(12(16)17)14(4)11(15)7-6-8-13-9(2)3/h9-10,13H,5-8H2,1-4H3,(H,16,17). The molecule has 0 saturated heterocycles. The summed E-state index contributed by atoms with van der Waals surface area (Å²) in [5.74, 6) is -1.05. The van der Waals surface area contributed by atoms with Crippen LogP contribution in [0.2, 0.25) is 0 Å². The largest absolute Gasteiger partial charge is 0.480 e. The van der Waals surface area contributed by atoms with Gasteiger partial charge in [0.1, 0.15) is 6.04 Å². The average molecular weight is 244 g/mol. The first-order valence-corrected chi connectivity index (χ1v) is 6.12. The number of hydrogen-bond acceptors (Lipinski definition) is 3. The van der Waals surface area contributed by atoms with Crippen molar-refractivity contribution in [2.24, 2.45) is 0 Å². The predicted octanol–water partition coefficient (Wildman–Crippen LogP) is 1.09. The van der Waals surface area contributed by atoms with Crippen LogP contribution in [0.25, 0.3) is 0 Å². The zero-order valence-corrected chi connectivity index (χ0v) is 11.2. The first-order valence-electron chi connectivity index (χ1n) is 6.12. The third-order valence-electron chi connectivity index (χ3n) is 2.65. The lowest BCUT2D eigenvalue weighted by atomic mass is 10.1. The van der Waals surface area contributed by atoms with Crippen molar-refractivity contribution in [3.63, 3.8) is 0 Å². The lowest BCUT2D eigenvalue weighted by Gasteiger charge is -2.23. The summed E-state index contributed by atoms with van der Waals surface area (Å²) in [4.78, 5) is 23.9. The number of carbonyl (C=O) groups is 2. The number of hydrogen-bond donors (Lipinski definition) is 2. The summed E-state index contributed by atoms with van der Waals surface area (Å²) in [6.07, 6.45) is 1.55. The Balaban J connectivity index is 4.00. The summed E-state index contributed by atoms with van der Waals surface area (Å²) in [5, 5.41) is 12.1. The van der Waals surface area contributed by atoms with Gasteiger partial charge in [0.2, 0.25) is 5.91 Å². The Morgan fingerprint density at radius 3 is 2.35 bits per heavy atom. The quantitative estimate of drug-likeness (QED) is 0.627. The van der Waals surface area contributed by atoms with E-state index in [9.17, 15) is 9.59 Å². The number of carboxylic acids is 1. The minimum Gasteiger partial charge on any atom is -0.480 e. The number of amides is 1. The predicted molar refractivity (Wildman–Crippen MR) is 66.9 cm³/mol. The number of rotatable bonds is 8. The smallest absolute Gasteiger partial charge is 0.326 e. The van der Waals surface area contributed by atoms with Crippen LogP contribution in [0.15, 0.2) is 0 Å². The van der Waals surface area contributed by atoms with Gasteiger partial charge in [0.25, 0.3) is 0 Å². The maximum absolute atomic E-state index is 11.7. The number of nitrogens with zero attached hydrogens (tertiary/aromatic N) is 1. The van der Waals surface area contributed by atoms with Gasteiger partial charge in [-0.1, -0.05) is 20.8 Å². The van der Waals surface area contributed by atoms with Crippen molar-refractivity contribution >= 4 is 11.9 Å². The fraction of sp³-hybridized carbons (Fsp3) is 0.833. The van der Waals surface area contributed by atoms with Crippen molar-refractivity contribution in [3.05, 3.63) is 0 Å². The molecule has 1 unspecified atom stereocenters. The Kier molecular flexibility index (Phi) is 7.54. The highest BCUT2D eigenvalue weighted by Crippen LogP contribution is 2.05. The Hall–Kier alpha value is -1.10. The van der Waals surface area contributed by atoms with Crippen LogP contribution < -0.4 is 5.32 Å². The molecular weight excluding hydrogens is 220 g/mol. The van der Waals surface area contributed by atoms with Gasteiger partial charge < -0.3 is 15.3 Å². The van der Waals surface area contributed by atoms with E-state index < -0.39 is 12.0 Å². The number of likely N-dealkylation sites (N-methyl/N-ethyl adjacent to an activating group) is 1. The van der Waals surface area contributed by atoms with E-state index in [-0.39, 0.29) is 5.91 Å². The molecule has 0 radical (unpaired) electrons. The van der Waals surface area contributed by atoms with Crippen molar-refractivity contribution in [3.8, 4) is 0 Å². The summed E-state index contributed by atoms with van der Waals surface area (Å²) in [7, 11) is 1.56. The Bertz CT molecular complexity index is 254. The zero-order valence-electron chi connectivity index (χ0n) is 11.2. The van der Waals surface area contributed by atoms with Crippen LogP contribution in [0.3, 0.4) is 0 Å². The molecule has 17 heavy (non-hydrogen) atoms. The molecule has 0 aromatic heterocycles. The summed E-state index contributed by atoms with van der Waals surface area (Å²) in [6, 6.07) is -0.300. The number of nitrogens with one attached hydrogen (secondary N) is 1. The van der Waals surface area contributed by atoms with Crippen molar-refractivity contribution in [2.75, 3.05) is 13.6 Å². The Labute approximate surface area is 103 Å². The molecular formula is C12H24N2O3. The molecule has 0 aliphatic carbocycles. The number of aliphatic carboxylic acids is 1. The van der Waals surface area contributed by atoms with Gasteiger partial charge in [0.05, 0.1) is 0 Å². The molecule has 0 saturated carbocycles. The molecule has 0 rings (SSSR count). The van der Waals surface area contributed by atoms with Crippen LogP contribution in [0.4, 0.5) is 0 Å². The van der Waals surface area contributed by atoms with Crippen LogP contribution in [0, 0.1) is 0 Å². The van der Waals surface area contributed by atoms with Gasteiger partial charge in [0.15, 0.2) is 0 Å². The number of carboxylic acid groups (broad SMARTS) is 1. The van der Waals surface area contributed by atoms with Gasteiger partial charge in [-0.15, -0.1) is 0 Å². The van der Waals surface area contributed by atoms with Gasteiger partial charge in [-0.25, -0.2) is 4.79 Å². The van der Waals surface area contributed by atoms with E-state index in [2.05, 4.69) is 5.32 Å². The van der Waals surface area contributed by atoms with Gasteiger partial charge >= 0.3 is 5.97 Å². The molecule has 100 valence electrons. The van der Waals surface area contributed by atoms with Crippen LogP contribution >= 0.6 is 0 Å². The minimum absolute atomic E-state index is 0.107. The SMILES string of the molecule is CCC(C(=O)O)N(C)C(=O)CCCNC(C)C. The zero-order chi connectivity index (χ0) is 13.4. The highest BCUT2D eigenvalue weighted by molar-refractivity contribution is 5.83. The Morgan fingerprint density at radius 2 is 1.94 bits per heavy atom. The molecule has 0 aliphatic heterocycles. The van der Waals surface area contributed by atoms with Gasteiger partial charge in [0, 0.05) is 19.5 Å². The van der Waals surface area contributed by atoms with Gasteiger partial charge in [-0.2, -0.15) is 0 Å². The fourth-order valence-electron chi connectivity index (χ4n) is 1.59. The second-order valence-corrected chi connectivity index (χ2v) is 4.48. The molecule has 0 aromatic rings. The first-order chi connectivity index (χ1) is 7.90. The Morgan fingerprint density at radius 1 is 1.35 bits per heavy atom. The molecule has 1 amide bonds. The van der Waals surface area contributed by atoms with Crippen molar-refractivity contribution in [1.29, 1.82) is 0 Å². The monoisotopic (exact) mass is 244 g/mol. The molecule has 0 aliphatic rings. The second kappa shape index (κ2) is 8.06. The number of carbonyl (C=O) groups excluding carboxylic acids is 1. The molecule has 0 heterocycles. The van der Waals surface area contributed by atoms with Crippen LogP contribution in [-0.2, 0) is 9.59 Å². The summed E-state index contributed by atoms with van der Waals surface area (Å²) in [6.45, 7) is 6.64. The topological polar surface area (TPSA) is 69.6 Å². The van der Waals surface area contributed by atoms with E-state index in [0.29, 0.717) is 18.9 Å². The normalized spacial score (nSPS) is 12.5. The third kappa shape index (κ3) is 6.26. The highest BCUT2D eigenvalue weighted by atomic mass is 16.4. The molecule has 0 spiro atoms. The van der Waals surface area contributed by atoms with Crippen LogP contribution in [-0.4, -0.2) is 47.6 Å². The molecule has 5 heteroatoms. The minimum atomic E-state index is -0.941. The molecule has 0 aromatic carbocycles. The van der Waals surface area contributed by atoms with E-state index in [0.717, 1.165) is 13.0 Å². The van der Waals surface area contributed by atoms with E-state index in [4.69, 9.17) is 5.11 Å². The van der Waals surface area contributed by atoms with Gasteiger partial charge in [-0.05, 0) is 19.4 Å². The summed E-state index contributed by atoms with van der Waals surface area (Å²) < 4.78 is 0. The van der Waals surface area contributed by atoms with Crippen molar-refractivity contribution in [2.45, 2.75) is 52.1 Å². The maximum atomic E-state index is 11.7. The average Bonchev–Trinajstić information content (AvgIpc) is 2.24. The second-order valence-electron chi connectivity index (χ2n) is 4.48. The van der Waals surface area contributed by atoms with Crippen LogP contribution in [0.5, 0.6) is 0 Å². The summed E-state index contributed by atoms with van der Waals surface area (Å²) >= 11 is 0. The summed E-state index contributed by atoms with van der Waals surface area (Å²) in [5.41, 5.74) is 0. The molecule has 0 bridgehead atoms. The molecule has 0 fully saturated rings. The highest BCUT2D eigenvalue weighted by Gasteiger charge is 2.23. The lowest BCUT2D eigenvalue weighted by molar-refractivity contribution is -0.149. The third-order valence-corrected chi connectivity index (χ3v) is 2.65. The molecule has 2 N–H and O–H groups in total. The first kappa shape index (κ1) is 15.9. The van der Waals surface area contributed by atoms with Crippen molar-refractivity contribution < 1.29 is 14.7 Å². The van der Waals surface area contributed by atoms with Gasteiger partial charge in [-0.3, -0.25) is 4.79 Å². The molecule has 5 nitrogen and oxygen atoms in total. The van der Waals surface area contributed by atoms with E-state index in [1.807, 2.05) is 13.8 Å². The fourth-order valence-corrected chi connectivity index (χ4v) is 1.59. The van der Waals surface area contributed by atoms with Crippen LogP contribution in [0.1, 0.15) is 40.0 Å². The van der Waals surface area contributed by atoms with Crippen molar-refractivity contribution in [1.82, 2.24) is 10.2 Å². The lowest BCUT2D eigenvalue weighted by Crippen LogP contribution is -2.42. The molecule has 1 atom stereocenters. The van der Waals surface area contributed by atoms with E-state index >= 15 is 0 Å².